The van der Waals surface area contributed by atoms with E-state index in [1.54, 1.807) is 6.07 Å². The molecule has 4 rings (SSSR count). The Balaban J connectivity index is 1.49. The Hall–Kier alpha value is -1.43. The number of fused-ring (bicyclic) bond motifs is 1. The maximum atomic E-state index is 13.6. The van der Waals surface area contributed by atoms with Crippen LogP contribution < -0.4 is 0 Å². The molecule has 5 heteroatoms. The van der Waals surface area contributed by atoms with Crippen LogP contribution in [0.3, 0.4) is 0 Å². The van der Waals surface area contributed by atoms with Gasteiger partial charge >= 0.3 is 0 Å². The molecule has 4 nitrogen and oxygen atoms in total. The molecule has 1 N–H and O–H groups in total. The molecule has 2 aliphatic heterocycles. The number of aryl methyl sites for hydroxylation is 1. The molecule has 24 heavy (non-hydrogen) atoms. The molecule has 1 aromatic carbocycles. The molecule has 0 radical (unpaired) electrons. The second-order valence-electron chi connectivity index (χ2n) is 7.27. The maximum Gasteiger partial charge on any atom is 0.123 e. The summed E-state index contributed by atoms with van der Waals surface area (Å²) in [6, 6.07) is 4.98. The topological polar surface area (TPSA) is 37.6 Å². The lowest BCUT2D eigenvalue weighted by molar-refractivity contribution is -0.177. The molecule has 2 aliphatic rings. The van der Waals surface area contributed by atoms with Crippen molar-refractivity contribution in [3.8, 4) is 0 Å². The van der Waals surface area contributed by atoms with Crippen LogP contribution >= 0.6 is 0 Å². The van der Waals surface area contributed by atoms with Crippen LogP contribution in [0.25, 0.3) is 10.9 Å². The Labute approximate surface area is 141 Å². The number of benzene rings is 1. The zero-order valence-corrected chi connectivity index (χ0v) is 14.2. The van der Waals surface area contributed by atoms with Gasteiger partial charge in [0.15, 0.2) is 0 Å². The third kappa shape index (κ3) is 2.75. The Morgan fingerprint density at radius 3 is 2.88 bits per heavy atom. The number of hydrogen-bond donors (Lipinski definition) is 1. The van der Waals surface area contributed by atoms with Crippen molar-refractivity contribution >= 4 is 10.9 Å². The summed E-state index contributed by atoms with van der Waals surface area (Å²) in [5, 5.41) is 11.3. The molecule has 1 spiro atoms. The van der Waals surface area contributed by atoms with Gasteiger partial charge in [-0.05, 0) is 49.4 Å². The van der Waals surface area contributed by atoms with E-state index in [0.717, 1.165) is 68.4 Å². The van der Waals surface area contributed by atoms with Crippen LogP contribution in [0.4, 0.5) is 4.39 Å². The predicted molar refractivity (Wildman–Crippen MR) is 91.3 cm³/mol. The van der Waals surface area contributed by atoms with Crippen LogP contribution in [0.5, 0.6) is 0 Å². The van der Waals surface area contributed by atoms with E-state index < -0.39 is 0 Å². The number of aliphatic hydroxyl groups excluding tert-OH is 1. The van der Waals surface area contributed by atoms with Crippen LogP contribution in [-0.4, -0.2) is 46.0 Å². The Morgan fingerprint density at radius 1 is 1.33 bits per heavy atom. The zero-order chi connectivity index (χ0) is 16.7. The summed E-state index contributed by atoms with van der Waals surface area (Å²) in [7, 11) is 2.00. The smallest absolute Gasteiger partial charge is 0.123 e. The van der Waals surface area contributed by atoms with Gasteiger partial charge in [-0.1, -0.05) is 0 Å². The first kappa shape index (κ1) is 16.1. The number of nitrogens with zero attached hydrogens (tertiary/aromatic N) is 2. The molecule has 2 aromatic rings. The summed E-state index contributed by atoms with van der Waals surface area (Å²) in [6.07, 6.45) is 5.30. The van der Waals surface area contributed by atoms with E-state index in [-0.39, 0.29) is 17.5 Å². The fourth-order valence-corrected chi connectivity index (χ4v) is 4.29. The minimum absolute atomic E-state index is 0.189. The van der Waals surface area contributed by atoms with Crippen molar-refractivity contribution < 1.29 is 14.2 Å². The largest absolute Gasteiger partial charge is 0.390 e. The summed E-state index contributed by atoms with van der Waals surface area (Å²) < 4.78 is 21.7. The maximum absolute atomic E-state index is 13.6. The van der Waals surface area contributed by atoms with E-state index in [1.165, 1.54) is 6.07 Å². The minimum atomic E-state index is -0.334. The van der Waals surface area contributed by atoms with E-state index in [4.69, 9.17) is 4.74 Å². The Bertz CT molecular complexity index is 734. The highest BCUT2D eigenvalue weighted by atomic mass is 19.1. The summed E-state index contributed by atoms with van der Waals surface area (Å²) in [4.78, 5) is 2.38. The van der Waals surface area contributed by atoms with Gasteiger partial charge in [0.2, 0.25) is 0 Å². The monoisotopic (exact) mass is 332 g/mol. The second-order valence-corrected chi connectivity index (χ2v) is 7.27. The molecule has 130 valence electrons. The van der Waals surface area contributed by atoms with Crippen LogP contribution in [0.2, 0.25) is 0 Å². The first-order chi connectivity index (χ1) is 11.6. The molecule has 1 atom stereocenters. The summed E-state index contributed by atoms with van der Waals surface area (Å²) in [6.45, 7) is 3.39. The standard InChI is InChI=1S/C19H25FN2O2/c1-21-12-14(16-11-15(20)4-5-17(16)21)13-22-8-6-19(7-9-22)18(23)3-2-10-24-19/h4-5,11-12,18,23H,2-3,6-10,13H2,1H3/t18-/m1/s1. The SMILES string of the molecule is Cn1cc(CN2CCC3(CC2)OCCC[C@H]3O)c2cc(F)ccc21. The number of halogens is 1. The van der Waals surface area contributed by atoms with Crippen molar-refractivity contribution in [1.29, 1.82) is 0 Å². The lowest BCUT2D eigenvalue weighted by atomic mass is 9.82. The molecule has 0 unspecified atom stereocenters. The highest BCUT2D eigenvalue weighted by Crippen LogP contribution is 2.36. The third-order valence-electron chi connectivity index (χ3n) is 5.75. The minimum Gasteiger partial charge on any atom is -0.390 e. The summed E-state index contributed by atoms with van der Waals surface area (Å²) in [5.74, 6) is -0.189. The second kappa shape index (κ2) is 6.14. The fourth-order valence-electron chi connectivity index (χ4n) is 4.29. The van der Waals surface area contributed by atoms with Crippen molar-refractivity contribution in [2.45, 2.75) is 43.9 Å². The van der Waals surface area contributed by atoms with Crippen LogP contribution in [0, 0.1) is 5.82 Å². The van der Waals surface area contributed by atoms with Crippen LogP contribution in [-0.2, 0) is 18.3 Å². The number of rotatable bonds is 2. The zero-order valence-electron chi connectivity index (χ0n) is 14.2. The van der Waals surface area contributed by atoms with Crippen molar-refractivity contribution in [2.24, 2.45) is 7.05 Å². The lowest BCUT2D eigenvalue weighted by Crippen LogP contribution is -2.55. The van der Waals surface area contributed by atoms with Crippen molar-refractivity contribution in [2.75, 3.05) is 19.7 Å². The van der Waals surface area contributed by atoms with Crippen LogP contribution in [0.1, 0.15) is 31.2 Å². The van der Waals surface area contributed by atoms with Crippen LogP contribution in [0.15, 0.2) is 24.4 Å². The molecule has 2 fully saturated rings. The van der Waals surface area contributed by atoms with Gasteiger partial charge in [-0.2, -0.15) is 0 Å². The lowest BCUT2D eigenvalue weighted by Gasteiger charge is -2.46. The average molecular weight is 332 g/mol. The van der Waals surface area contributed by atoms with Crippen molar-refractivity contribution in [3.05, 3.63) is 35.8 Å². The van der Waals surface area contributed by atoms with Gasteiger partial charge in [0.25, 0.3) is 0 Å². The highest BCUT2D eigenvalue weighted by Gasteiger charge is 2.43. The van der Waals surface area contributed by atoms with E-state index >= 15 is 0 Å². The molecule has 0 aliphatic carbocycles. The van der Waals surface area contributed by atoms with Gasteiger partial charge in [0, 0.05) is 50.4 Å². The molecule has 0 bridgehead atoms. The molecule has 0 amide bonds. The Kier molecular flexibility index (Phi) is 4.11. The summed E-state index contributed by atoms with van der Waals surface area (Å²) in [5.41, 5.74) is 1.89. The van der Waals surface area contributed by atoms with Gasteiger partial charge < -0.3 is 14.4 Å². The fraction of sp³-hybridized carbons (Fsp3) is 0.579. The third-order valence-corrected chi connectivity index (χ3v) is 5.75. The molecule has 1 aromatic heterocycles. The predicted octanol–water partition coefficient (Wildman–Crippen LogP) is 2.82. The number of likely N-dealkylation sites (tertiary alicyclic amines) is 1. The van der Waals surface area contributed by atoms with Crippen molar-refractivity contribution in [3.63, 3.8) is 0 Å². The van der Waals surface area contributed by atoms with Gasteiger partial charge in [-0.3, -0.25) is 4.90 Å². The molecule has 2 saturated heterocycles. The molecular weight excluding hydrogens is 307 g/mol. The Morgan fingerprint density at radius 2 is 2.12 bits per heavy atom. The van der Waals surface area contributed by atoms with Gasteiger partial charge in [0.1, 0.15) is 5.82 Å². The summed E-state index contributed by atoms with van der Waals surface area (Å²) >= 11 is 0. The highest BCUT2D eigenvalue weighted by molar-refractivity contribution is 5.84. The van der Waals surface area contributed by atoms with E-state index in [1.807, 2.05) is 13.1 Å². The van der Waals surface area contributed by atoms with E-state index in [9.17, 15) is 9.50 Å². The number of ether oxygens (including phenoxy) is 1. The first-order valence-electron chi connectivity index (χ1n) is 8.85. The van der Waals surface area contributed by atoms with Gasteiger partial charge in [-0.15, -0.1) is 0 Å². The van der Waals surface area contributed by atoms with E-state index in [2.05, 4.69) is 15.7 Å². The molecule has 3 heterocycles. The molecular formula is C19H25FN2O2. The van der Waals surface area contributed by atoms with Crippen molar-refractivity contribution in [1.82, 2.24) is 9.47 Å². The molecule has 0 saturated carbocycles. The first-order valence-corrected chi connectivity index (χ1v) is 8.85. The quantitative estimate of drug-likeness (QED) is 0.919. The number of aliphatic hydroxyl groups is 1. The number of hydrogen-bond acceptors (Lipinski definition) is 3. The number of aromatic nitrogens is 1. The van der Waals surface area contributed by atoms with Gasteiger partial charge in [0.05, 0.1) is 11.7 Å². The normalized spacial score (nSPS) is 24.7. The van der Waals surface area contributed by atoms with Gasteiger partial charge in [-0.25, -0.2) is 4.39 Å². The number of piperidine rings is 1. The average Bonchev–Trinajstić information content (AvgIpc) is 2.88. The van der Waals surface area contributed by atoms with E-state index in [0.29, 0.717) is 0 Å².